The first-order chi connectivity index (χ1) is 15.0. The number of anilines is 1. The van der Waals surface area contributed by atoms with E-state index in [2.05, 4.69) is 42.6 Å². The first kappa shape index (κ1) is 23.9. The van der Waals surface area contributed by atoms with Gasteiger partial charge in [0.05, 0.1) is 0 Å². The van der Waals surface area contributed by atoms with Crippen molar-refractivity contribution in [3.63, 3.8) is 0 Å². The summed E-state index contributed by atoms with van der Waals surface area (Å²) >= 11 is 0. The number of aromatic nitrogens is 2. The van der Waals surface area contributed by atoms with Gasteiger partial charge in [0.15, 0.2) is 11.6 Å². The number of nitrogens with zero attached hydrogens (tertiary/aromatic N) is 4. The molecule has 2 heterocycles. The predicted octanol–water partition coefficient (Wildman–Crippen LogP) is 5.05. The zero-order chi connectivity index (χ0) is 23.5. The Labute approximate surface area is 188 Å². The third-order valence-electron chi connectivity index (χ3n) is 5.50. The van der Waals surface area contributed by atoms with Gasteiger partial charge >= 0.3 is 0 Å². The Morgan fingerprint density at radius 1 is 1.19 bits per heavy atom. The maximum atomic E-state index is 13.4. The Kier molecular flexibility index (Phi) is 7.31. The number of benzene rings is 1. The standard InChI is InChI=1S/C24H32F2N4O2/c1-16(13-24(3,4)5)10-23(31)30-9-8-29(14-17(30)2)21-12-22(28-15-27-21)32-18-6-7-19(25)20(26)11-18/h6-7,11-12,15-17H,8-10,13-14H2,1-5H3/t16-,17+/m1/s1. The van der Waals surface area contributed by atoms with E-state index in [-0.39, 0.29) is 29.0 Å². The average molecular weight is 447 g/mol. The molecule has 32 heavy (non-hydrogen) atoms. The highest BCUT2D eigenvalue weighted by Crippen LogP contribution is 2.28. The van der Waals surface area contributed by atoms with Gasteiger partial charge in [-0.1, -0.05) is 27.7 Å². The second-order valence-corrected chi connectivity index (χ2v) is 9.85. The van der Waals surface area contributed by atoms with E-state index in [1.165, 1.54) is 12.4 Å². The van der Waals surface area contributed by atoms with Crippen LogP contribution in [0.5, 0.6) is 11.6 Å². The molecule has 0 aliphatic carbocycles. The molecule has 1 aliphatic heterocycles. The number of halogens is 2. The number of amides is 1. The van der Waals surface area contributed by atoms with Crippen LogP contribution < -0.4 is 9.64 Å². The van der Waals surface area contributed by atoms with Crippen LogP contribution in [0.1, 0.15) is 47.5 Å². The quantitative estimate of drug-likeness (QED) is 0.622. The molecule has 0 spiro atoms. The topological polar surface area (TPSA) is 58.6 Å². The van der Waals surface area contributed by atoms with E-state index >= 15 is 0 Å². The van der Waals surface area contributed by atoms with Crippen LogP contribution in [0.4, 0.5) is 14.6 Å². The normalized spacial score (nSPS) is 17.9. The predicted molar refractivity (Wildman–Crippen MR) is 120 cm³/mol. The largest absolute Gasteiger partial charge is 0.439 e. The molecule has 1 fully saturated rings. The third-order valence-corrected chi connectivity index (χ3v) is 5.50. The maximum Gasteiger partial charge on any atom is 0.224 e. The molecule has 174 valence electrons. The van der Waals surface area contributed by atoms with Crippen molar-refractivity contribution in [3.8, 4) is 11.6 Å². The fourth-order valence-corrected chi connectivity index (χ4v) is 4.29. The molecular weight excluding hydrogens is 414 g/mol. The molecule has 0 radical (unpaired) electrons. The van der Waals surface area contributed by atoms with Crippen molar-refractivity contribution < 1.29 is 18.3 Å². The van der Waals surface area contributed by atoms with E-state index in [1.807, 2.05) is 11.8 Å². The summed E-state index contributed by atoms with van der Waals surface area (Å²) in [7, 11) is 0. The van der Waals surface area contributed by atoms with Crippen molar-refractivity contribution in [2.45, 2.75) is 53.5 Å². The monoisotopic (exact) mass is 446 g/mol. The summed E-state index contributed by atoms with van der Waals surface area (Å²) in [6.07, 6.45) is 2.94. The summed E-state index contributed by atoms with van der Waals surface area (Å²) < 4.78 is 32.1. The number of ether oxygens (including phenoxy) is 1. The van der Waals surface area contributed by atoms with Crippen LogP contribution in [0, 0.1) is 23.0 Å². The Morgan fingerprint density at radius 3 is 2.59 bits per heavy atom. The van der Waals surface area contributed by atoms with E-state index in [0.29, 0.717) is 37.8 Å². The van der Waals surface area contributed by atoms with Crippen molar-refractivity contribution in [1.29, 1.82) is 0 Å². The Balaban J connectivity index is 1.60. The summed E-state index contributed by atoms with van der Waals surface area (Å²) in [5.74, 6) is -0.329. The fourth-order valence-electron chi connectivity index (χ4n) is 4.29. The molecule has 0 saturated carbocycles. The van der Waals surface area contributed by atoms with Crippen LogP contribution in [0.25, 0.3) is 0 Å². The lowest BCUT2D eigenvalue weighted by atomic mass is 9.84. The molecular formula is C24H32F2N4O2. The van der Waals surface area contributed by atoms with Gasteiger partial charge in [-0.3, -0.25) is 4.79 Å². The Hall–Kier alpha value is -2.77. The van der Waals surface area contributed by atoms with Gasteiger partial charge in [-0.25, -0.2) is 18.7 Å². The Morgan fingerprint density at radius 2 is 1.94 bits per heavy atom. The van der Waals surface area contributed by atoms with Gasteiger partial charge in [-0.05, 0) is 36.8 Å². The first-order valence-electron chi connectivity index (χ1n) is 11.0. The third kappa shape index (κ3) is 6.37. The van der Waals surface area contributed by atoms with Crippen molar-refractivity contribution in [2.24, 2.45) is 11.3 Å². The van der Waals surface area contributed by atoms with E-state index in [0.717, 1.165) is 18.6 Å². The second-order valence-electron chi connectivity index (χ2n) is 9.85. The highest BCUT2D eigenvalue weighted by atomic mass is 19.2. The number of piperazine rings is 1. The minimum Gasteiger partial charge on any atom is -0.439 e. The smallest absolute Gasteiger partial charge is 0.224 e. The Bertz CT molecular complexity index is 948. The molecule has 2 atom stereocenters. The van der Waals surface area contributed by atoms with Gasteiger partial charge in [0.2, 0.25) is 11.8 Å². The lowest BCUT2D eigenvalue weighted by molar-refractivity contribution is -0.134. The highest BCUT2D eigenvalue weighted by Gasteiger charge is 2.29. The number of hydrogen-bond acceptors (Lipinski definition) is 5. The van der Waals surface area contributed by atoms with E-state index < -0.39 is 11.6 Å². The molecule has 8 heteroatoms. The van der Waals surface area contributed by atoms with Gasteiger partial charge in [0.25, 0.3) is 0 Å². The van der Waals surface area contributed by atoms with Crippen LogP contribution >= 0.6 is 0 Å². The number of carbonyl (C=O) groups excluding carboxylic acids is 1. The van der Waals surface area contributed by atoms with E-state index in [9.17, 15) is 13.6 Å². The van der Waals surface area contributed by atoms with Crippen molar-refractivity contribution in [3.05, 3.63) is 42.2 Å². The first-order valence-corrected chi connectivity index (χ1v) is 11.0. The molecule has 0 bridgehead atoms. The molecule has 3 rings (SSSR count). The summed E-state index contributed by atoms with van der Waals surface area (Å²) in [4.78, 5) is 25.3. The summed E-state index contributed by atoms with van der Waals surface area (Å²) in [5, 5.41) is 0. The van der Waals surface area contributed by atoms with Crippen LogP contribution in [-0.4, -0.2) is 46.5 Å². The average Bonchev–Trinajstić information content (AvgIpc) is 2.69. The van der Waals surface area contributed by atoms with Gasteiger partial charge in [-0.2, -0.15) is 0 Å². The van der Waals surface area contributed by atoms with Crippen molar-refractivity contribution in [1.82, 2.24) is 14.9 Å². The number of hydrogen-bond donors (Lipinski definition) is 0. The van der Waals surface area contributed by atoms with Gasteiger partial charge < -0.3 is 14.5 Å². The van der Waals surface area contributed by atoms with Gasteiger partial charge in [-0.15, -0.1) is 0 Å². The molecule has 1 saturated heterocycles. The maximum absolute atomic E-state index is 13.4. The minimum atomic E-state index is -0.983. The number of carbonyl (C=O) groups is 1. The molecule has 1 amide bonds. The van der Waals surface area contributed by atoms with Crippen LogP contribution in [0.15, 0.2) is 30.6 Å². The lowest BCUT2D eigenvalue weighted by Gasteiger charge is -2.41. The number of rotatable bonds is 6. The zero-order valence-corrected chi connectivity index (χ0v) is 19.4. The van der Waals surface area contributed by atoms with Crippen molar-refractivity contribution in [2.75, 3.05) is 24.5 Å². The molecule has 1 aliphatic rings. The highest BCUT2D eigenvalue weighted by molar-refractivity contribution is 5.77. The van der Waals surface area contributed by atoms with E-state index in [4.69, 9.17) is 4.74 Å². The molecule has 1 aromatic carbocycles. The van der Waals surface area contributed by atoms with Crippen LogP contribution in [0.3, 0.4) is 0 Å². The van der Waals surface area contributed by atoms with Gasteiger partial charge in [0.1, 0.15) is 17.9 Å². The molecule has 0 unspecified atom stereocenters. The molecule has 0 N–H and O–H groups in total. The zero-order valence-electron chi connectivity index (χ0n) is 19.4. The minimum absolute atomic E-state index is 0.0450. The molecule has 2 aromatic rings. The fraction of sp³-hybridized carbons (Fsp3) is 0.542. The van der Waals surface area contributed by atoms with Crippen molar-refractivity contribution >= 4 is 11.7 Å². The summed E-state index contributed by atoms with van der Waals surface area (Å²) in [6.45, 7) is 12.7. The second kappa shape index (κ2) is 9.79. The molecule has 6 nitrogen and oxygen atoms in total. The molecule has 1 aromatic heterocycles. The summed E-state index contributed by atoms with van der Waals surface area (Å²) in [6, 6.07) is 5.03. The van der Waals surface area contributed by atoms with E-state index in [1.54, 1.807) is 6.07 Å². The van der Waals surface area contributed by atoms with Crippen LogP contribution in [0.2, 0.25) is 0 Å². The van der Waals surface area contributed by atoms with Gasteiger partial charge in [0, 0.05) is 44.2 Å². The van der Waals surface area contributed by atoms with Crippen LogP contribution in [-0.2, 0) is 4.79 Å². The lowest BCUT2D eigenvalue weighted by Crippen LogP contribution is -2.54. The summed E-state index contributed by atoms with van der Waals surface area (Å²) in [5.41, 5.74) is 0.205. The SMILES string of the molecule is C[C@H](CC(=O)N1CCN(c2cc(Oc3ccc(F)c(F)c3)ncn2)C[C@@H]1C)CC(C)(C)C.